The Morgan fingerprint density at radius 1 is 1.16 bits per heavy atom. The molecule has 0 aliphatic carbocycles. The molecular formula is C14H18N4S. The molecule has 0 fully saturated rings. The zero-order valence-electron chi connectivity index (χ0n) is 11.2. The van der Waals surface area contributed by atoms with E-state index in [-0.39, 0.29) is 0 Å². The first kappa shape index (κ1) is 13.7. The molecule has 0 aliphatic heterocycles. The molecule has 1 heterocycles. The van der Waals surface area contributed by atoms with Crippen LogP contribution in [0.5, 0.6) is 0 Å². The van der Waals surface area contributed by atoms with Crippen molar-refractivity contribution in [2.24, 2.45) is 0 Å². The molecule has 100 valence electrons. The second kappa shape index (κ2) is 6.99. The average Bonchev–Trinajstić information content (AvgIpc) is 2.46. The summed E-state index contributed by atoms with van der Waals surface area (Å²) < 4.78 is 0. The van der Waals surface area contributed by atoms with Crippen LogP contribution in [0.25, 0.3) is 0 Å². The maximum atomic E-state index is 4.25. The predicted octanol–water partition coefficient (Wildman–Crippen LogP) is 3.76. The van der Waals surface area contributed by atoms with Crippen LogP contribution < -0.4 is 10.6 Å². The lowest BCUT2D eigenvalue weighted by molar-refractivity contribution is 0.965. The summed E-state index contributed by atoms with van der Waals surface area (Å²) >= 11 is 1.71. The quantitative estimate of drug-likeness (QED) is 0.785. The maximum Gasteiger partial charge on any atom is 0.135 e. The number of aromatic nitrogens is 2. The maximum absolute atomic E-state index is 4.25. The molecule has 1 aromatic carbocycles. The Hall–Kier alpha value is -1.75. The molecule has 0 amide bonds. The Kier molecular flexibility index (Phi) is 5.03. The van der Waals surface area contributed by atoms with Gasteiger partial charge in [-0.15, -0.1) is 11.8 Å². The van der Waals surface area contributed by atoms with Gasteiger partial charge in [0.25, 0.3) is 0 Å². The number of rotatable bonds is 6. The third-order valence-electron chi connectivity index (χ3n) is 2.59. The van der Waals surface area contributed by atoms with Crippen molar-refractivity contribution in [2.45, 2.75) is 18.2 Å². The zero-order chi connectivity index (χ0) is 13.5. The van der Waals surface area contributed by atoms with Crippen LogP contribution in [0.3, 0.4) is 0 Å². The average molecular weight is 274 g/mol. The number of para-hydroxylation sites is 1. The smallest absolute Gasteiger partial charge is 0.135 e. The Labute approximate surface area is 118 Å². The van der Waals surface area contributed by atoms with Crippen molar-refractivity contribution in [1.29, 1.82) is 0 Å². The van der Waals surface area contributed by atoms with Crippen molar-refractivity contribution in [2.75, 3.05) is 23.4 Å². The number of anilines is 3. The van der Waals surface area contributed by atoms with E-state index >= 15 is 0 Å². The van der Waals surface area contributed by atoms with Gasteiger partial charge in [0.1, 0.15) is 18.0 Å². The van der Waals surface area contributed by atoms with Gasteiger partial charge >= 0.3 is 0 Å². The van der Waals surface area contributed by atoms with E-state index in [1.54, 1.807) is 18.1 Å². The first-order chi connectivity index (χ1) is 9.33. The summed E-state index contributed by atoms with van der Waals surface area (Å²) in [5.74, 6) is 1.65. The van der Waals surface area contributed by atoms with Gasteiger partial charge in [0, 0.05) is 17.5 Å². The number of nitrogens with zero attached hydrogens (tertiary/aromatic N) is 2. The van der Waals surface area contributed by atoms with E-state index in [0.29, 0.717) is 0 Å². The lowest BCUT2D eigenvalue weighted by atomic mass is 10.3. The van der Waals surface area contributed by atoms with Crippen LogP contribution in [0.15, 0.2) is 41.6 Å². The van der Waals surface area contributed by atoms with Crippen LogP contribution in [0.4, 0.5) is 17.3 Å². The highest BCUT2D eigenvalue weighted by Crippen LogP contribution is 2.27. The molecule has 0 saturated carbocycles. The number of benzene rings is 1. The minimum atomic E-state index is 0.801. The van der Waals surface area contributed by atoms with E-state index in [9.17, 15) is 0 Å². The van der Waals surface area contributed by atoms with Crippen molar-refractivity contribution in [3.8, 4) is 0 Å². The molecule has 0 saturated heterocycles. The van der Waals surface area contributed by atoms with Gasteiger partial charge in [-0.05, 0) is 24.8 Å². The molecule has 0 unspecified atom stereocenters. The number of thioether (sulfide) groups is 1. The number of hydrogen-bond acceptors (Lipinski definition) is 5. The summed E-state index contributed by atoms with van der Waals surface area (Å²) in [6.07, 6.45) is 4.71. The zero-order valence-corrected chi connectivity index (χ0v) is 12.0. The molecule has 0 spiro atoms. The molecule has 0 aliphatic rings. The molecule has 2 aromatic rings. The van der Waals surface area contributed by atoms with E-state index in [2.05, 4.69) is 39.8 Å². The summed E-state index contributed by atoms with van der Waals surface area (Å²) in [4.78, 5) is 9.64. The Morgan fingerprint density at radius 2 is 1.95 bits per heavy atom. The van der Waals surface area contributed by atoms with Crippen molar-refractivity contribution >= 4 is 29.1 Å². The second-order valence-corrected chi connectivity index (χ2v) is 4.89. The Balaban J connectivity index is 2.14. The molecule has 5 heteroatoms. The molecule has 2 rings (SSSR count). The van der Waals surface area contributed by atoms with Gasteiger partial charge in [0.2, 0.25) is 0 Å². The lowest BCUT2D eigenvalue weighted by Gasteiger charge is -2.10. The molecular weight excluding hydrogens is 256 g/mol. The fraction of sp³-hybridized carbons (Fsp3) is 0.286. The largest absolute Gasteiger partial charge is 0.370 e. The van der Waals surface area contributed by atoms with Gasteiger partial charge in [-0.25, -0.2) is 9.97 Å². The summed E-state index contributed by atoms with van der Waals surface area (Å²) in [5.41, 5.74) is 1.06. The van der Waals surface area contributed by atoms with Crippen molar-refractivity contribution in [3.63, 3.8) is 0 Å². The summed E-state index contributed by atoms with van der Waals surface area (Å²) in [7, 11) is 0. The fourth-order valence-electron chi connectivity index (χ4n) is 1.66. The minimum absolute atomic E-state index is 0.801. The summed E-state index contributed by atoms with van der Waals surface area (Å²) in [6.45, 7) is 3.04. The lowest BCUT2D eigenvalue weighted by Crippen LogP contribution is -2.03. The highest BCUT2D eigenvalue weighted by Gasteiger charge is 2.03. The molecule has 2 N–H and O–H groups in total. The van der Waals surface area contributed by atoms with E-state index in [1.807, 2.05) is 24.3 Å². The molecule has 1 aromatic heterocycles. The van der Waals surface area contributed by atoms with Gasteiger partial charge in [-0.1, -0.05) is 19.1 Å². The number of nitrogens with one attached hydrogen (secondary N) is 2. The van der Waals surface area contributed by atoms with Crippen LogP contribution in [0.2, 0.25) is 0 Å². The minimum Gasteiger partial charge on any atom is -0.370 e. The van der Waals surface area contributed by atoms with Crippen molar-refractivity contribution in [3.05, 3.63) is 36.7 Å². The highest BCUT2D eigenvalue weighted by atomic mass is 32.2. The molecule has 0 radical (unpaired) electrons. The first-order valence-electron chi connectivity index (χ1n) is 6.29. The van der Waals surface area contributed by atoms with Gasteiger partial charge in [0.05, 0.1) is 5.69 Å². The Morgan fingerprint density at radius 3 is 2.74 bits per heavy atom. The third-order valence-corrected chi connectivity index (χ3v) is 3.39. The van der Waals surface area contributed by atoms with Gasteiger partial charge in [-0.3, -0.25) is 0 Å². The fourth-order valence-corrected chi connectivity index (χ4v) is 2.21. The topological polar surface area (TPSA) is 49.8 Å². The van der Waals surface area contributed by atoms with Crippen LogP contribution in [-0.4, -0.2) is 22.8 Å². The number of hydrogen-bond donors (Lipinski definition) is 2. The van der Waals surface area contributed by atoms with Crippen LogP contribution in [0.1, 0.15) is 13.3 Å². The summed E-state index contributed by atoms with van der Waals surface area (Å²) in [5, 5.41) is 6.58. The van der Waals surface area contributed by atoms with Gasteiger partial charge in [0.15, 0.2) is 0 Å². The SMILES string of the molecule is CCCNc1cc(Nc2ccccc2SC)ncn1. The van der Waals surface area contributed by atoms with Crippen LogP contribution in [-0.2, 0) is 0 Å². The highest BCUT2D eigenvalue weighted by molar-refractivity contribution is 7.98. The molecule has 0 bridgehead atoms. The van der Waals surface area contributed by atoms with Crippen molar-refractivity contribution < 1.29 is 0 Å². The van der Waals surface area contributed by atoms with Crippen molar-refractivity contribution in [1.82, 2.24) is 9.97 Å². The first-order valence-corrected chi connectivity index (χ1v) is 7.52. The molecule has 0 atom stereocenters. The third kappa shape index (κ3) is 3.86. The molecule has 4 nitrogen and oxygen atoms in total. The van der Waals surface area contributed by atoms with Gasteiger partial charge in [-0.2, -0.15) is 0 Å². The van der Waals surface area contributed by atoms with Crippen LogP contribution in [0, 0.1) is 0 Å². The second-order valence-electron chi connectivity index (χ2n) is 4.04. The summed E-state index contributed by atoms with van der Waals surface area (Å²) in [6, 6.07) is 10.1. The normalized spacial score (nSPS) is 10.2. The molecule has 19 heavy (non-hydrogen) atoms. The monoisotopic (exact) mass is 274 g/mol. The standard InChI is InChI=1S/C14H18N4S/c1-3-8-15-13-9-14(17-10-16-13)18-11-6-4-5-7-12(11)19-2/h4-7,9-10H,3,8H2,1-2H3,(H2,15,16,17,18). The van der Waals surface area contributed by atoms with E-state index < -0.39 is 0 Å². The van der Waals surface area contributed by atoms with E-state index in [1.165, 1.54) is 4.90 Å². The Bertz CT molecular complexity index is 530. The van der Waals surface area contributed by atoms with E-state index in [0.717, 1.165) is 30.3 Å². The van der Waals surface area contributed by atoms with Crippen LogP contribution >= 0.6 is 11.8 Å². The van der Waals surface area contributed by atoms with Gasteiger partial charge < -0.3 is 10.6 Å². The predicted molar refractivity (Wildman–Crippen MR) is 82.3 cm³/mol. The van der Waals surface area contributed by atoms with E-state index in [4.69, 9.17) is 0 Å².